The molecule has 2 N–H and O–H groups in total. The van der Waals surface area contributed by atoms with E-state index < -0.39 is 0 Å². The van der Waals surface area contributed by atoms with Crippen molar-refractivity contribution in [1.82, 2.24) is 10.1 Å². The SMILES string of the molecule is CC(N)Cc1noc(C2(c3ccccc3)CC2)n1. The summed E-state index contributed by atoms with van der Waals surface area (Å²) in [5.41, 5.74) is 6.98. The predicted molar refractivity (Wildman–Crippen MR) is 68.1 cm³/mol. The van der Waals surface area contributed by atoms with Gasteiger partial charge in [0.1, 0.15) is 0 Å². The Bertz CT molecular complexity index is 529. The summed E-state index contributed by atoms with van der Waals surface area (Å²) in [4.78, 5) is 4.50. The molecule has 1 unspecified atom stereocenters. The van der Waals surface area contributed by atoms with E-state index in [1.807, 2.05) is 13.0 Å². The second-order valence-corrected chi connectivity index (χ2v) is 5.15. The van der Waals surface area contributed by atoms with Crippen molar-refractivity contribution < 1.29 is 4.52 Å². The average Bonchev–Trinajstić information content (AvgIpc) is 3.05. The van der Waals surface area contributed by atoms with E-state index in [-0.39, 0.29) is 11.5 Å². The molecule has 0 saturated heterocycles. The Morgan fingerprint density at radius 2 is 2.06 bits per heavy atom. The van der Waals surface area contributed by atoms with Crippen LogP contribution in [0.2, 0.25) is 0 Å². The van der Waals surface area contributed by atoms with Gasteiger partial charge in [0.15, 0.2) is 5.82 Å². The number of nitrogens with two attached hydrogens (primary N) is 1. The lowest BCUT2D eigenvalue weighted by atomic mass is 9.96. The van der Waals surface area contributed by atoms with Gasteiger partial charge in [-0.15, -0.1) is 0 Å². The summed E-state index contributed by atoms with van der Waals surface area (Å²) in [6.07, 6.45) is 2.82. The molecule has 94 valence electrons. The largest absolute Gasteiger partial charge is 0.338 e. The molecule has 1 atom stereocenters. The molecule has 1 fully saturated rings. The Balaban J connectivity index is 1.89. The Hall–Kier alpha value is -1.68. The molecule has 1 aromatic heterocycles. The number of hydrogen-bond acceptors (Lipinski definition) is 4. The first-order valence-electron chi connectivity index (χ1n) is 6.35. The van der Waals surface area contributed by atoms with E-state index in [1.54, 1.807) is 0 Å². The van der Waals surface area contributed by atoms with Crippen LogP contribution >= 0.6 is 0 Å². The second kappa shape index (κ2) is 4.21. The number of rotatable bonds is 4. The smallest absolute Gasteiger partial charge is 0.237 e. The maximum atomic E-state index is 5.75. The second-order valence-electron chi connectivity index (χ2n) is 5.15. The fraction of sp³-hybridized carbons (Fsp3) is 0.429. The van der Waals surface area contributed by atoms with E-state index >= 15 is 0 Å². The van der Waals surface area contributed by atoms with Crippen molar-refractivity contribution >= 4 is 0 Å². The summed E-state index contributed by atoms with van der Waals surface area (Å²) in [7, 11) is 0. The van der Waals surface area contributed by atoms with Crippen LogP contribution in [0.25, 0.3) is 0 Å². The van der Waals surface area contributed by atoms with Crippen LogP contribution in [0.3, 0.4) is 0 Å². The first-order valence-corrected chi connectivity index (χ1v) is 6.35. The zero-order chi connectivity index (χ0) is 12.6. The van der Waals surface area contributed by atoms with Crippen molar-refractivity contribution in [3.8, 4) is 0 Å². The molecule has 1 saturated carbocycles. The van der Waals surface area contributed by atoms with Gasteiger partial charge in [-0.2, -0.15) is 4.98 Å². The Morgan fingerprint density at radius 3 is 2.67 bits per heavy atom. The van der Waals surface area contributed by atoms with Crippen molar-refractivity contribution in [3.05, 3.63) is 47.6 Å². The molecule has 2 aromatic rings. The topological polar surface area (TPSA) is 64.9 Å². The van der Waals surface area contributed by atoms with E-state index in [2.05, 4.69) is 34.4 Å². The average molecular weight is 243 g/mol. The summed E-state index contributed by atoms with van der Waals surface area (Å²) in [6, 6.07) is 10.4. The van der Waals surface area contributed by atoms with Gasteiger partial charge in [0.05, 0.1) is 5.41 Å². The summed E-state index contributed by atoms with van der Waals surface area (Å²) >= 11 is 0. The molecule has 0 amide bonds. The number of aromatic nitrogens is 2. The molecule has 0 radical (unpaired) electrons. The molecule has 3 rings (SSSR count). The fourth-order valence-electron chi connectivity index (χ4n) is 2.33. The highest BCUT2D eigenvalue weighted by Gasteiger charge is 2.50. The van der Waals surface area contributed by atoms with Gasteiger partial charge in [-0.3, -0.25) is 0 Å². The Kier molecular flexibility index (Phi) is 2.67. The molecule has 1 aromatic carbocycles. The van der Waals surface area contributed by atoms with Crippen molar-refractivity contribution in [2.75, 3.05) is 0 Å². The molecular formula is C14H17N3O. The van der Waals surface area contributed by atoms with E-state index in [0.717, 1.165) is 18.7 Å². The molecule has 4 heteroatoms. The zero-order valence-corrected chi connectivity index (χ0v) is 10.5. The third-order valence-electron chi connectivity index (χ3n) is 3.46. The van der Waals surface area contributed by atoms with Gasteiger partial charge in [0, 0.05) is 12.5 Å². The van der Waals surface area contributed by atoms with Crippen molar-refractivity contribution in [2.45, 2.75) is 37.6 Å². The van der Waals surface area contributed by atoms with Gasteiger partial charge in [0.25, 0.3) is 0 Å². The minimum Gasteiger partial charge on any atom is -0.338 e. The molecular weight excluding hydrogens is 226 g/mol. The molecule has 1 heterocycles. The molecule has 1 aliphatic rings. The van der Waals surface area contributed by atoms with Crippen LogP contribution in [0.5, 0.6) is 0 Å². The van der Waals surface area contributed by atoms with Crippen molar-refractivity contribution in [1.29, 1.82) is 0 Å². The minimum absolute atomic E-state index is 0.0374. The van der Waals surface area contributed by atoms with Crippen LogP contribution in [-0.4, -0.2) is 16.2 Å². The summed E-state index contributed by atoms with van der Waals surface area (Å²) in [5.74, 6) is 1.45. The lowest BCUT2D eigenvalue weighted by Gasteiger charge is -2.09. The molecule has 1 aliphatic carbocycles. The molecule has 4 nitrogen and oxygen atoms in total. The third kappa shape index (κ3) is 1.93. The van der Waals surface area contributed by atoms with Crippen molar-refractivity contribution in [3.63, 3.8) is 0 Å². The summed E-state index contributed by atoms with van der Waals surface area (Å²) in [6.45, 7) is 1.94. The molecule has 0 aliphatic heterocycles. The number of hydrogen-bond donors (Lipinski definition) is 1. The minimum atomic E-state index is -0.0374. The van der Waals surface area contributed by atoms with E-state index in [0.29, 0.717) is 12.2 Å². The maximum Gasteiger partial charge on any atom is 0.237 e. The highest BCUT2D eigenvalue weighted by molar-refractivity contribution is 5.37. The lowest BCUT2D eigenvalue weighted by Crippen LogP contribution is -2.18. The van der Waals surface area contributed by atoms with Gasteiger partial charge >= 0.3 is 0 Å². The van der Waals surface area contributed by atoms with Crippen LogP contribution < -0.4 is 5.73 Å². The van der Waals surface area contributed by atoms with Gasteiger partial charge < -0.3 is 10.3 Å². The molecule has 0 spiro atoms. The third-order valence-corrected chi connectivity index (χ3v) is 3.46. The van der Waals surface area contributed by atoms with E-state index in [4.69, 9.17) is 10.3 Å². The van der Waals surface area contributed by atoms with Crippen molar-refractivity contribution in [2.24, 2.45) is 5.73 Å². The first kappa shape index (κ1) is 11.4. The van der Waals surface area contributed by atoms with Gasteiger partial charge in [0.2, 0.25) is 5.89 Å². The maximum absolute atomic E-state index is 5.75. The van der Waals surface area contributed by atoms with Gasteiger partial charge in [-0.25, -0.2) is 0 Å². The van der Waals surface area contributed by atoms with Gasteiger partial charge in [-0.05, 0) is 25.3 Å². The van der Waals surface area contributed by atoms with Crippen LogP contribution in [0.4, 0.5) is 0 Å². The molecule has 0 bridgehead atoms. The number of benzene rings is 1. The van der Waals surface area contributed by atoms with Crippen LogP contribution in [0, 0.1) is 0 Å². The van der Waals surface area contributed by atoms with Crippen LogP contribution in [0.15, 0.2) is 34.9 Å². The number of nitrogens with zero attached hydrogens (tertiary/aromatic N) is 2. The highest BCUT2D eigenvalue weighted by atomic mass is 16.5. The summed E-state index contributed by atoms with van der Waals surface area (Å²) < 4.78 is 5.43. The lowest BCUT2D eigenvalue weighted by molar-refractivity contribution is 0.355. The molecule has 18 heavy (non-hydrogen) atoms. The quantitative estimate of drug-likeness (QED) is 0.892. The Morgan fingerprint density at radius 1 is 1.33 bits per heavy atom. The van der Waals surface area contributed by atoms with Gasteiger partial charge in [-0.1, -0.05) is 35.5 Å². The predicted octanol–water partition coefficient (Wildman–Crippen LogP) is 2.04. The first-order chi connectivity index (χ1) is 8.71. The normalized spacial score (nSPS) is 18.6. The Labute approximate surface area is 106 Å². The summed E-state index contributed by atoms with van der Waals surface area (Å²) in [5, 5.41) is 4.02. The van der Waals surface area contributed by atoms with Crippen LogP contribution in [0.1, 0.15) is 37.0 Å². The highest BCUT2D eigenvalue weighted by Crippen LogP contribution is 2.52. The standard InChI is InChI=1S/C14H17N3O/c1-10(15)9-12-16-13(18-17-12)14(7-8-14)11-5-3-2-4-6-11/h2-6,10H,7-9,15H2,1H3. The van der Waals surface area contributed by atoms with E-state index in [9.17, 15) is 0 Å². The van der Waals surface area contributed by atoms with Crippen LogP contribution in [-0.2, 0) is 11.8 Å². The monoisotopic (exact) mass is 243 g/mol. The van der Waals surface area contributed by atoms with E-state index in [1.165, 1.54) is 5.56 Å². The zero-order valence-electron chi connectivity index (χ0n) is 10.5. The fourth-order valence-corrected chi connectivity index (χ4v) is 2.33.